The molecule has 0 atom stereocenters. The van der Waals surface area contributed by atoms with Crippen LogP contribution in [0.2, 0.25) is 0 Å². The zero-order valence-electron chi connectivity index (χ0n) is 54.4. The van der Waals surface area contributed by atoms with E-state index in [1.807, 2.05) is 0 Å². The highest BCUT2D eigenvalue weighted by Crippen LogP contribution is 2.53. The average molecular weight is 1210 g/mol. The first kappa shape index (κ1) is 56.7. The molecule has 17 rings (SSSR count). The normalized spacial score (nSPS) is 13.0. The lowest BCUT2D eigenvalue weighted by Crippen LogP contribution is -2.65. The molecule has 450 valence electrons. The van der Waals surface area contributed by atoms with Gasteiger partial charge in [-0.15, -0.1) is 0 Å². The smallest absolute Gasteiger partial charge is 0.252 e. The maximum absolute atomic E-state index is 2.65. The second kappa shape index (κ2) is 22.3. The van der Waals surface area contributed by atoms with Crippen LogP contribution in [0.1, 0.15) is 44.5 Å². The predicted molar refractivity (Wildman–Crippen MR) is 402 cm³/mol. The summed E-state index contributed by atoms with van der Waals surface area (Å²) in [6.45, 7) is 17.5. The molecule has 0 fully saturated rings. The fourth-order valence-electron chi connectivity index (χ4n) is 15.7. The van der Waals surface area contributed by atoms with Gasteiger partial charge in [-0.1, -0.05) is 164 Å². The van der Waals surface area contributed by atoms with Gasteiger partial charge in [-0.3, -0.25) is 0 Å². The monoisotopic (exact) mass is 1210 g/mol. The number of rotatable bonds is 10. The average Bonchev–Trinajstić information content (AvgIpc) is 0.686. The molecular formula is C86H70B2N6. The molecule has 4 aliphatic heterocycles. The molecule has 0 unspecified atom stereocenters. The first-order valence-corrected chi connectivity index (χ1v) is 33.0. The van der Waals surface area contributed by atoms with Gasteiger partial charge in [-0.2, -0.15) is 0 Å². The fraction of sp³-hybridized carbons (Fsp3) is 0.0930. The molecule has 0 aliphatic carbocycles. The second-order valence-electron chi connectivity index (χ2n) is 26.3. The minimum absolute atomic E-state index is 0.165. The van der Waals surface area contributed by atoms with Crippen molar-refractivity contribution in [1.82, 2.24) is 0 Å². The van der Waals surface area contributed by atoms with Gasteiger partial charge in [-0.25, -0.2) is 0 Å². The van der Waals surface area contributed by atoms with Crippen molar-refractivity contribution in [2.24, 2.45) is 0 Å². The Labute approximate surface area is 553 Å². The quantitative estimate of drug-likeness (QED) is 0.126. The van der Waals surface area contributed by atoms with Crippen molar-refractivity contribution in [3.8, 4) is 0 Å². The van der Waals surface area contributed by atoms with Crippen LogP contribution in [0, 0.1) is 55.4 Å². The van der Waals surface area contributed by atoms with Crippen LogP contribution in [-0.2, 0) is 0 Å². The molecule has 6 nitrogen and oxygen atoms in total. The van der Waals surface area contributed by atoms with Gasteiger partial charge in [0.05, 0.1) is 11.4 Å². The van der Waals surface area contributed by atoms with Gasteiger partial charge in [-0.05, 0) is 248 Å². The zero-order chi connectivity index (χ0) is 63.6. The number of nitrogens with zero attached hydrogens (tertiary/aromatic N) is 6. The molecule has 0 saturated carbocycles. The van der Waals surface area contributed by atoms with Crippen molar-refractivity contribution in [3.05, 3.63) is 324 Å². The summed E-state index contributed by atoms with van der Waals surface area (Å²) in [5, 5.41) is 0. The lowest BCUT2D eigenvalue weighted by molar-refractivity contribution is 1.19. The van der Waals surface area contributed by atoms with Crippen molar-refractivity contribution in [2.75, 3.05) is 29.4 Å². The van der Waals surface area contributed by atoms with Gasteiger partial charge in [0.1, 0.15) is 0 Å². The Morgan fingerprint density at radius 2 is 0.489 bits per heavy atom. The Morgan fingerprint density at radius 1 is 0.223 bits per heavy atom. The molecule has 4 aliphatic rings. The van der Waals surface area contributed by atoms with Crippen LogP contribution in [0.3, 0.4) is 0 Å². The summed E-state index contributed by atoms with van der Waals surface area (Å²) in [6.07, 6.45) is 0. The third-order valence-electron chi connectivity index (χ3n) is 20.0. The van der Waals surface area contributed by atoms with Gasteiger partial charge >= 0.3 is 0 Å². The van der Waals surface area contributed by atoms with E-state index >= 15 is 0 Å². The van der Waals surface area contributed by atoms with E-state index in [0.29, 0.717) is 0 Å². The van der Waals surface area contributed by atoms with E-state index in [1.54, 1.807) is 0 Å². The van der Waals surface area contributed by atoms with E-state index in [0.717, 1.165) is 91.0 Å². The van der Waals surface area contributed by atoms with Crippen molar-refractivity contribution in [1.29, 1.82) is 0 Å². The molecule has 0 amide bonds. The summed E-state index contributed by atoms with van der Waals surface area (Å²) in [5.74, 6) is 0. The van der Waals surface area contributed by atoms with Crippen LogP contribution < -0.4 is 62.2 Å². The molecule has 8 heteroatoms. The zero-order valence-corrected chi connectivity index (χ0v) is 54.4. The largest absolute Gasteiger partial charge is 0.311 e. The highest BCUT2D eigenvalue weighted by molar-refractivity contribution is 7.03. The van der Waals surface area contributed by atoms with Crippen LogP contribution in [-0.4, -0.2) is 13.4 Å². The molecule has 94 heavy (non-hydrogen) atoms. The van der Waals surface area contributed by atoms with Crippen molar-refractivity contribution in [2.45, 2.75) is 55.4 Å². The Balaban J connectivity index is 1.01. The first-order chi connectivity index (χ1) is 45.9. The molecule has 0 spiro atoms. The minimum atomic E-state index is -0.165. The molecule has 13 aromatic carbocycles. The summed E-state index contributed by atoms with van der Waals surface area (Å²) >= 11 is 0. The molecule has 0 bridgehead atoms. The summed E-state index contributed by atoms with van der Waals surface area (Å²) < 4.78 is 0. The van der Waals surface area contributed by atoms with Crippen molar-refractivity contribution in [3.63, 3.8) is 0 Å². The van der Waals surface area contributed by atoms with E-state index < -0.39 is 0 Å². The van der Waals surface area contributed by atoms with Crippen molar-refractivity contribution < 1.29 is 0 Å². The van der Waals surface area contributed by atoms with Gasteiger partial charge < -0.3 is 29.4 Å². The minimum Gasteiger partial charge on any atom is -0.311 e. The summed E-state index contributed by atoms with van der Waals surface area (Å²) in [7, 11) is 0. The maximum Gasteiger partial charge on any atom is 0.252 e. The molecule has 0 N–H and O–H groups in total. The predicted octanol–water partition coefficient (Wildman–Crippen LogP) is 19.3. The third-order valence-corrected chi connectivity index (χ3v) is 20.0. The van der Waals surface area contributed by atoms with Crippen LogP contribution in [0.4, 0.5) is 102 Å². The van der Waals surface area contributed by atoms with Gasteiger partial charge in [0.2, 0.25) is 0 Å². The lowest BCUT2D eigenvalue weighted by atomic mass is 9.30. The van der Waals surface area contributed by atoms with Crippen molar-refractivity contribution >= 4 is 149 Å². The SMILES string of the molecule is Cc1ccc(C)c(N(c2cc3c4c(c2)N(c2ccccc2)c2cc5c(cc2B4c2ccccc2N3c2ccccc2)B2c3ccccc3N(c3ccccc3)c3cc(N(c4cc(C)ccc4C)c4cc(C)ccc4C)cc(c32)N5c2ccccc2)c2cc(C)ccc2C)c1. The molecule has 0 aromatic heterocycles. The standard InChI is InChI=1S/C86H70B2N6/c1-55-37-41-59(5)75(45-55)93(76-46-56(2)38-42-60(76)6)67-49-81-85-83(51-67)91(65-29-17-11-18-30-65)79-54-80-72(53-71(79)87(85)69-33-21-23-35-73(69)89(81)63-25-13-9-14-26-63)88-70-34-22-24-36-74(70)90(64-27-15-10-16-28-64)82-50-68(52-84(86(82)88)92(80)66-31-19-12-20-32-66)94(77-47-57(3)39-43-61(77)7)78-48-58(4)40-44-62(78)8/h9-54H,1-8H3. The number of para-hydroxylation sites is 6. The van der Waals surface area contributed by atoms with Crippen LogP contribution in [0.15, 0.2) is 279 Å². The topological polar surface area (TPSA) is 19.4 Å². The Morgan fingerprint density at radius 3 is 0.787 bits per heavy atom. The summed E-state index contributed by atoms with van der Waals surface area (Å²) in [5.41, 5.74) is 37.6. The van der Waals surface area contributed by atoms with Crippen LogP contribution >= 0.6 is 0 Å². The molecule has 0 radical (unpaired) electrons. The third kappa shape index (κ3) is 9.02. The second-order valence-corrected chi connectivity index (χ2v) is 26.3. The Bertz CT molecular complexity index is 4760. The van der Waals surface area contributed by atoms with E-state index in [9.17, 15) is 0 Å². The molecular weight excluding hydrogens is 1140 g/mol. The number of anilines is 18. The molecule has 0 saturated heterocycles. The molecule has 13 aromatic rings. The fourth-order valence-corrected chi connectivity index (χ4v) is 15.7. The summed E-state index contributed by atoms with van der Waals surface area (Å²) in [6, 6.07) is 106. The number of fused-ring (bicyclic) bond motifs is 8. The first-order valence-electron chi connectivity index (χ1n) is 33.0. The van der Waals surface area contributed by atoms with E-state index in [2.05, 4.69) is 364 Å². The number of hydrogen-bond acceptors (Lipinski definition) is 6. The van der Waals surface area contributed by atoms with Gasteiger partial charge in [0, 0.05) is 91.0 Å². The lowest BCUT2D eigenvalue weighted by Gasteiger charge is -2.48. The van der Waals surface area contributed by atoms with Gasteiger partial charge in [0.25, 0.3) is 13.4 Å². The number of aryl methyl sites for hydroxylation is 8. The molecule has 4 heterocycles. The highest BCUT2D eigenvalue weighted by Gasteiger charge is 2.49. The highest BCUT2D eigenvalue weighted by atomic mass is 15.2. The Kier molecular flexibility index (Phi) is 13.5. The Hall–Kier alpha value is -11.2. The van der Waals surface area contributed by atoms with E-state index in [4.69, 9.17) is 0 Å². The van der Waals surface area contributed by atoms with E-state index in [1.165, 1.54) is 88.7 Å². The van der Waals surface area contributed by atoms with Crippen LogP contribution in [0.5, 0.6) is 0 Å². The van der Waals surface area contributed by atoms with E-state index in [-0.39, 0.29) is 13.4 Å². The van der Waals surface area contributed by atoms with Crippen LogP contribution in [0.25, 0.3) is 0 Å². The summed E-state index contributed by atoms with van der Waals surface area (Å²) in [4.78, 5) is 15.4. The number of hydrogen-bond donors (Lipinski definition) is 0. The van der Waals surface area contributed by atoms with Gasteiger partial charge in [0.15, 0.2) is 0 Å². The maximum atomic E-state index is 2.65. The number of benzene rings is 13.